The molecule has 1 N–H and O–H groups in total. The topological polar surface area (TPSA) is 92.8 Å². The Balaban J connectivity index is 1.46. The number of carbonyl (C=O) groups is 4. The molecular formula is C23H21FN2O5S. The highest BCUT2D eigenvalue weighted by Crippen LogP contribution is 2.32. The third-order valence-corrected chi connectivity index (χ3v) is 5.50. The summed E-state index contributed by atoms with van der Waals surface area (Å²) in [6, 6.07) is 12.4. The summed E-state index contributed by atoms with van der Waals surface area (Å²) < 4.78 is 19.2. The van der Waals surface area contributed by atoms with Crippen LogP contribution in [0.5, 0.6) is 5.75 Å². The number of carbonyl (C=O) groups excluding carboxylic acids is 4. The number of hydrogen-bond acceptors (Lipinski definition) is 6. The number of Topliss-reactive ketones (excluding diaryl/α,β-unsaturated/α-hetero) is 1. The van der Waals surface area contributed by atoms with E-state index >= 15 is 0 Å². The molecule has 0 radical (unpaired) electrons. The number of rotatable bonds is 9. The van der Waals surface area contributed by atoms with Crippen molar-refractivity contribution >= 4 is 40.7 Å². The lowest BCUT2D eigenvalue weighted by Gasteiger charge is -2.13. The molecule has 32 heavy (non-hydrogen) atoms. The van der Waals surface area contributed by atoms with E-state index in [4.69, 9.17) is 4.74 Å². The summed E-state index contributed by atoms with van der Waals surface area (Å²) in [5.74, 6) is -0.983. The largest absolute Gasteiger partial charge is 0.484 e. The maximum atomic E-state index is 13.8. The molecule has 1 saturated heterocycles. The zero-order chi connectivity index (χ0) is 23.1. The van der Waals surface area contributed by atoms with Crippen LogP contribution in [0.25, 0.3) is 6.08 Å². The summed E-state index contributed by atoms with van der Waals surface area (Å²) in [4.78, 5) is 49.3. The van der Waals surface area contributed by atoms with Crippen LogP contribution >= 0.6 is 11.8 Å². The van der Waals surface area contributed by atoms with Gasteiger partial charge in [-0.25, -0.2) is 4.39 Å². The Bertz CT molecular complexity index is 1070. The smallest absolute Gasteiger partial charge is 0.293 e. The molecule has 3 amide bonds. The number of thioether (sulfide) groups is 1. The van der Waals surface area contributed by atoms with E-state index in [1.807, 2.05) is 0 Å². The highest BCUT2D eigenvalue weighted by atomic mass is 32.2. The van der Waals surface area contributed by atoms with Gasteiger partial charge in [-0.05, 0) is 48.2 Å². The summed E-state index contributed by atoms with van der Waals surface area (Å²) in [7, 11) is 0. The Labute approximate surface area is 188 Å². The van der Waals surface area contributed by atoms with Crippen molar-refractivity contribution in [1.82, 2.24) is 10.2 Å². The molecule has 9 heteroatoms. The van der Waals surface area contributed by atoms with E-state index < -0.39 is 22.9 Å². The minimum Gasteiger partial charge on any atom is -0.484 e. The molecule has 2 aromatic rings. The third kappa shape index (κ3) is 5.82. The van der Waals surface area contributed by atoms with Crippen LogP contribution in [0.2, 0.25) is 0 Å². The zero-order valence-corrected chi connectivity index (χ0v) is 18.1. The van der Waals surface area contributed by atoms with Gasteiger partial charge in [-0.3, -0.25) is 24.1 Å². The van der Waals surface area contributed by atoms with Crippen LogP contribution in [0.4, 0.5) is 9.18 Å². The molecule has 1 aliphatic rings. The number of ether oxygens (including phenoxy) is 1. The minimum atomic E-state index is -0.532. The van der Waals surface area contributed by atoms with Crippen molar-refractivity contribution in [2.75, 3.05) is 19.7 Å². The number of halogens is 1. The molecule has 7 nitrogen and oxygen atoms in total. The number of ketones is 1. The number of nitrogens with zero attached hydrogens (tertiary/aromatic N) is 1. The molecule has 0 bridgehead atoms. The van der Waals surface area contributed by atoms with Crippen molar-refractivity contribution in [3.8, 4) is 5.75 Å². The average Bonchev–Trinajstić information content (AvgIpc) is 3.06. The molecule has 1 aliphatic heterocycles. The van der Waals surface area contributed by atoms with Crippen LogP contribution in [-0.4, -0.2) is 47.4 Å². The van der Waals surface area contributed by atoms with Gasteiger partial charge < -0.3 is 10.1 Å². The Morgan fingerprint density at radius 1 is 1.12 bits per heavy atom. The number of imide groups is 1. The lowest BCUT2D eigenvalue weighted by Crippen LogP contribution is -2.38. The average molecular weight is 456 g/mol. The summed E-state index contributed by atoms with van der Waals surface area (Å²) >= 11 is 0.727. The van der Waals surface area contributed by atoms with Gasteiger partial charge in [0.05, 0.1) is 4.91 Å². The standard InChI is InChI=1S/C23H21FN2O5S/c1-2-19(27)15-7-9-17(10-8-15)31-14-21(28)25-11-12-26-22(29)20(32-23(26)30)13-16-5-3-4-6-18(16)24/h3-10,13H,2,11-12,14H2,1H3,(H,25,28)/b20-13-. The number of hydrogen-bond donors (Lipinski definition) is 1. The Hall–Kier alpha value is -3.46. The van der Waals surface area contributed by atoms with Crippen molar-refractivity contribution in [1.29, 1.82) is 0 Å². The van der Waals surface area contributed by atoms with Gasteiger partial charge in [-0.1, -0.05) is 25.1 Å². The quantitative estimate of drug-likeness (QED) is 0.457. The maximum absolute atomic E-state index is 13.8. The lowest BCUT2D eigenvalue weighted by atomic mass is 10.1. The van der Waals surface area contributed by atoms with Crippen molar-refractivity contribution < 1.29 is 28.3 Å². The van der Waals surface area contributed by atoms with Gasteiger partial charge in [-0.15, -0.1) is 0 Å². The van der Waals surface area contributed by atoms with Gasteiger partial charge >= 0.3 is 0 Å². The van der Waals surface area contributed by atoms with Gasteiger partial charge in [-0.2, -0.15) is 0 Å². The Morgan fingerprint density at radius 2 is 1.84 bits per heavy atom. The van der Waals surface area contributed by atoms with Crippen LogP contribution in [0, 0.1) is 5.82 Å². The van der Waals surface area contributed by atoms with Gasteiger partial charge in [0.2, 0.25) is 0 Å². The number of amides is 3. The molecule has 2 aromatic carbocycles. The van der Waals surface area contributed by atoms with E-state index in [0.29, 0.717) is 17.7 Å². The Morgan fingerprint density at radius 3 is 2.53 bits per heavy atom. The second kappa shape index (κ2) is 10.7. The molecular weight excluding hydrogens is 435 g/mol. The van der Waals surface area contributed by atoms with E-state index in [2.05, 4.69) is 5.32 Å². The van der Waals surface area contributed by atoms with Gasteiger partial charge in [0.1, 0.15) is 11.6 Å². The van der Waals surface area contributed by atoms with Crippen molar-refractivity contribution in [2.24, 2.45) is 0 Å². The van der Waals surface area contributed by atoms with Crippen LogP contribution in [0.1, 0.15) is 29.3 Å². The predicted molar refractivity (Wildman–Crippen MR) is 119 cm³/mol. The molecule has 3 rings (SSSR count). The van der Waals surface area contributed by atoms with E-state index in [1.54, 1.807) is 37.3 Å². The molecule has 1 fully saturated rings. The number of benzene rings is 2. The van der Waals surface area contributed by atoms with Crippen LogP contribution in [-0.2, 0) is 9.59 Å². The second-order valence-corrected chi connectivity index (χ2v) is 7.79. The first-order chi connectivity index (χ1) is 15.4. The third-order valence-electron chi connectivity index (χ3n) is 4.59. The first-order valence-electron chi connectivity index (χ1n) is 9.91. The fraction of sp³-hybridized carbons (Fsp3) is 0.217. The van der Waals surface area contributed by atoms with Crippen molar-refractivity contribution in [3.63, 3.8) is 0 Å². The van der Waals surface area contributed by atoms with Gasteiger partial charge in [0.25, 0.3) is 17.1 Å². The number of nitrogens with one attached hydrogen (secondary N) is 1. The summed E-state index contributed by atoms with van der Waals surface area (Å²) in [6.45, 7) is 1.56. The van der Waals surface area contributed by atoms with E-state index in [1.165, 1.54) is 24.3 Å². The monoisotopic (exact) mass is 456 g/mol. The van der Waals surface area contributed by atoms with Gasteiger partial charge in [0, 0.05) is 30.6 Å². The first-order valence-corrected chi connectivity index (χ1v) is 10.7. The first kappa shape index (κ1) is 23.2. The fourth-order valence-corrected chi connectivity index (χ4v) is 3.73. The summed E-state index contributed by atoms with van der Waals surface area (Å²) in [5, 5.41) is 2.10. The normalized spacial score (nSPS) is 14.7. The van der Waals surface area contributed by atoms with Crippen LogP contribution in [0.3, 0.4) is 0 Å². The second-order valence-electron chi connectivity index (χ2n) is 6.79. The van der Waals surface area contributed by atoms with Crippen LogP contribution < -0.4 is 10.1 Å². The molecule has 0 saturated carbocycles. The van der Waals surface area contributed by atoms with E-state index in [-0.39, 0.29) is 35.9 Å². The zero-order valence-electron chi connectivity index (χ0n) is 17.3. The van der Waals surface area contributed by atoms with Crippen molar-refractivity contribution in [3.05, 3.63) is 70.4 Å². The molecule has 0 aliphatic carbocycles. The Kier molecular flexibility index (Phi) is 7.77. The maximum Gasteiger partial charge on any atom is 0.293 e. The fourth-order valence-electron chi connectivity index (χ4n) is 2.87. The molecule has 0 unspecified atom stereocenters. The summed E-state index contributed by atoms with van der Waals surface area (Å²) in [5.41, 5.74) is 0.793. The minimum absolute atomic E-state index is 0.0150. The lowest BCUT2D eigenvalue weighted by molar-refractivity contribution is -0.125. The molecule has 0 atom stereocenters. The highest BCUT2D eigenvalue weighted by Gasteiger charge is 2.34. The highest BCUT2D eigenvalue weighted by molar-refractivity contribution is 8.18. The summed E-state index contributed by atoms with van der Waals surface area (Å²) in [6.07, 6.45) is 1.75. The predicted octanol–water partition coefficient (Wildman–Crippen LogP) is 3.65. The van der Waals surface area contributed by atoms with Crippen LogP contribution in [0.15, 0.2) is 53.4 Å². The molecule has 0 spiro atoms. The molecule has 0 aromatic heterocycles. The molecule has 166 valence electrons. The molecule has 1 heterocycles. The van der Waals surface area contributed by atoms with E-state index in [9.17, 15) is 23.6 Å². The van der Waals surface area contributed by atoms with E-state index in [0.717, 1.165) is 16.7 Å². The van der Waals surface area contributed by atoms with Gasteiger partial charge in [0.15, 0.2) is 12.4 Å². The SMILES string of the molecule is CCC(=O)c1ccc(OCC(=O)NCCN2C(=O)S/C(=C\c3ccccc3F)C2=O)cc1. The van der Waals surface area contributed by atoms with Crippen molar-refractivity contribution in [2.45, 2.75) is 13.3 Å².